The molecule has 0 saturated heterocycles. The Morgan fingerprint density at radius 1 is 1.24 bits per heavy atom. The van der Waals surface area contributed by atoms with Crippen LogP contribution in [0.5, 0.6) is 0 Å². The second-order valence-electron chi connectivity index (χ2n) is 4.97. The van der Waals surface area contributed by atoms with Crippen LogP contribution in [0.15, 0.2) is 29.4 Å². The first-order valence-corrected chi connectivity index (χ1v) is 6.85. The molecule has 0 bridgehead atoms. The molecular formula is C15H22N4O2. The topological polar surface area (TPSA) is 73.8 Å². The molecule has 6 nitrogen and oxygen atoms in total. The zero-order valence-corrected chi connectivity index (χ0v) is 12.9. The van der Waals surface area contributed by atoms with Gasteiger partial charge in [-0.05, 0) is 31.0 Å². The third-order valence-corrected chi connectivity index (χ3v) is 2.99. The van der Waals surface area contributed by atoms with Crippen LogP contribution in [-0.2, 0) is 9.59 Å². The van der Waals surface area contributed by atoms with E-state index in [4.69, 9.17) is 0 Å². The molecule has 0 radical (unpaired) electrons. The number of benzene rings is 1. The van der Waals surface area contributed by atoms with E-state index in [1.165, 1.54) is 6.21 Å². The third kappa shape index (κ3) is 5.64. The lowest BCUT2D eigenvalue weighted by Crippen LogP contribution is -2.41. The Labute approximate surface area is 125 Å². The number of carbonyl (C=O) groups is 2. The van der Waals surface area contributed by atoms with Crippen LogP contribution in [0.1, 0.15) is 25.8 Å². The first-order valence-electron chi connectivity index (χ1n) is 6.85. The summed E-state index contributed by atoms with van der Waals surface area (Å²) >= 11 is 0. The van der Waals surface area contributed by atoms with Crippen molar-refractivity contribution in [2.45, 2.75) is 26.3 Å². The highest BCUT2D eigenvalue weighted by atomic mass is 16.2. The molecule has 0 heterocycles. The third-order valence-electron chi connectivity index (χ3n) is 2.99. The Hall–Kier alpha value is -2.37. The van der Waals surface area contributed by atoms with E-state index in [-0.39, 0.29) is 6.04 Å². The minimum absolute atomic E-state index is 0.0363. The molecule has 1 aromatic carbocycles. The number of rotatable bonds is 5. The fourth-order valence-corrected chi connectivity index (χ4v) is 1.47. The molecule has 1 aromatic rings. The molecule has 1 rings (SSSR count). The van der Waals surface area contributed by atoms with Gasteiger partial charge in [-0.25, -0.2) is 5.43 Å². The Balaban J connectivity index is 2.50. The molecule has 2 N–H and O–H groups in total. The van der Waals surface area contributed by atoms with Crippen LogP contribution in [0.3, 0.4) is 0 Å². The van der Waals surface area contributed by atoms with Crippen LogP contribution in [0.4, 0.5) is 5.69 Å². The quantitative estimate of drug-likeness (QED) is 0.485. The summed E-state index contributed by atoms with van der Waals surface area (Å²) in [4.78, 5) is 24.9. The van der Waals surface area contributed by atoms with Crippen molar-refractivity contribution in [1.29, 1.82) is 0 Å². The summed E-state index contributed by atoms with van der Waals surface area (Å²) in [5.74, 6) is -1.44. The molecule has 1 atom stereocenters. The first-order chi connectivity index (χ1) is 9.93. The fraction of sp³-hybridized carbons (Fsp3) is 0.400. The van der Waals surface area contributed by atoms with Gasteiger partial charge in [-0.2, -0.15) is 5.10 Å². The van der Waals surface area contributed by atoms with E-state index >= 15 is 0 Å². The van der Waals surface area contributed by atoms with Crippen LogP contribution in [0.25, 0.3) is 0 Å². The Kier molecular flexibility index (Phi) is 6.39. The van der Waals surface area contributed by atoms with Gasteiger partial charge >= 0.3 is 11.8 Å². The maximum atomic E-state index is 11.5. The van der Waals surface area contributed by atoms with Gasteiger partial charge in [0.15, 0.2) is 0 Å². The van der Waals surface area contributed by atoms with E-state index in [9.17, 15) is 9.59 Å². The molecular weight excluding hydrogens is 268 g/mol. The smallest absolute Gasteiger partial charge is 0.329 e. The highest BCUT2D eigenvalue weighted by Gasteiger charge is 2.14. The lowest BCUT2D eigenvalue weighted by molar-refractivity contribution is -0.139. The molecule has 114 valence electrons. The maximum absolute atomic E-state index is 11.5. The predicted molar refractivity (Wildman–Crippen MR) is 84.4 cm³/mol. The van der Waals surface area contributed by atoms with E-state index in [1.807, 2.05) is 57.1 Å². The van der Waals surface area contributed by atoms with Crippen molar-refractivity contribution < 1.29 is 9.59 Å². The molecule has 0 aromatic heterocycles. The normalized spacial score (nSPS) is 12.0. The molecule has 21 heavy (non-hydrogen) atoms. The standard InChI is InChI=1S/C15H22N4O2/c1-5-11(2)17-14(20)15(21)18-16-10-12-6-8-13(9-7-12)19(3)4/h6-11H,5H2,1-4H3,(H,17,20)(H,18,21)/b16-10-/t11-/m1/s1. The van der Waals surface area contributed by atoms with Gasteiger partial charge in [-0.1, -0.05) is 19.1 Å². The molecule has 2 amide bonds. The zero-order chi connectivity index (χ0) is 15.8. The highest BCUT2D eigenvalue weighted by molar-refractivity contribution is 6.35. The summed E-state index contributed by atoms with van der Waals surface area (Å²) < 4.78 is 0. The first kappa shape index (κ1) is 16.7. The van der Waals surface area contributed by atoms with E-state index in [1.54, 1.807) is 0 Å². The lowest BCUT2D eigenvalue weighted by atomic mass is 10.2. The zero-order valence-electron chi connectivity index (χ0n) is 12.9. The van der Waals surface area contributed by atoms with E-state index < -0.39 is 11.8 Å². The summed E-state index contributed by atoms with van der Waals surface area (Å²) in [5, 5.41) is 6.34. The number of hydrazone groups is 1. The minimum atomic E-state index is -0.767. The van der Waals surface area contributed by atoms with Crippen molar-refractivity contribution in [2.75, 3.05) is 19.0 Å². The lowest BCUT2D eigenvalue weighted by Gasteiger charge is -2.11. The largest absolute Gasteiger partial charge is 0.378 e. The van der Waals surface area contributed by atoms with E-state index in [0.29, 0.717) is 0 Å². The number of carbonyl (C=O) groups excluding carboxylic acids is 2. The number of hydrogen-bond acceptors (Lipinski definition) is 4. The molecule has 0 unspecified atom stereocenters. The van der Waals surface area contributed by atoms with Crippen LogP contribution in [-0.4, -0.2) is 38.2 Å². The molecule has 0 spiro atoms. The monoisotopic (exact) mass is 290 g/mol. The molecule has 0 aliphatic carbocycles. The van der Waals surface area contributed by atoms with E-state index in [0.717, 1.165) is 17.7 Å². The van der Waals surface area contributed by atoms with Gasteiger partial charge in [0.1, 0.15) is 0 Å². The van der Waals surface area contributed by atoms with Gasteiger partial charge in [0.05, 0.1) is 6.21 Å². The molecule has 0 aliphatic heterocycles. The summed E-state index contributed by atoms with van der Waals surface area (Å²) in [7, 11) is 3.92. The predicted octanol–water partition coefficient (Wildman–Crippen LogP) is 1.12. The van der Waals surface area contributed by atoms with Crippen LogP contribution < -0.4 is 15.6 Å². The van der Waals surface area contributed by atoms with Crippen molar-refractivity contribution in [1.82, 2.24) is 10.7 Å². The number of nitrogens with zero attached hydrogens (tertiary/aromatic N) is 2. The van der Waals surface area contributed by atoms with Gasteiger partial charge in [-0.3, -0.25) is 9.59 Å². The van der Waals surface area contributed by atoms with Crippen molar-refractivity contribution in [3.05, 3.63) is 29.8 Å². The number of hydrogen-bond donors (Lipinski definition) is 2. The summed E-state index contributed by atoms with van der Waals surface area (Å²) in [6.45, 7) is 3.76. The van der Waals surface area contributed by atoms with Crippen LogP contribution >= 0.6 is 0 Å². The Morgan fingerprint density at radius 2 is 1.86 bits per heavy atom. The number of anilines is 1. The summed E-state index contributed by atoms with van der Waals surface area (Å²) in [6.07, 6.45) is 2.26. The van der Waals surface area contributed by atoms with Gasteiger partial charge in [-0.15, -0.1) is 0 Å². The van der Waals surface area contributed by atoms with Crippen molar-refractivity contribution in [3.8, 4) is 0 Å². The number of nitrogens with one attached hydrogen (secondary N) is 2. The second kappa shape index (κ2) is 8.04. The van der Waals surface area contributed by atoms with Gasteiger partial charge in [0, 0.05) is 25.8 Å². The van der Waals surface area contributed by atoms with Crippen molar-refractivity contribution >= 4 is 23.7 Å². The average Bonchev–Trinajstić information content (AvgIpc) is 2.47. The van der Waals surface area contributed by atoms with Gasteiger partial charge in [0.2, 0.25) is 0 Å². The fourth-order valence-electron chi connectivity index (χ4n) is 1.47. The Morgan fingerprint density at radius 3 is 2.38 bits per heavy atom. The molecule has 0 fully saturated rings. The van der Waals surface area contributed by atoms with Crippen LogP contribution in [0, 0.1) is 0 Å². The maximum Gasteiger partial charge on any atom is 0.329 e. The second-order valence-corrected chi connectivity index (χ2v) is 4.97. The highest BCUT2D eigenvalue weighted by Crippen LogP contribution is 2.10. The van der Waals surface area contributed by atoms with Crippen LogP contribution in [0.2, 0.25) is 0 Å². The Bertz CT molecular complexity index is 509. The van der Waals surface area contributed by atoms with Crippen molar-refractivity contribution in [2.24, 2.45) is 5.10 Å². The molecule has 6 heteroatoms. The number of amides is 2. The molecule has 0 aliphatic rings. The summed E-state index contributed by atoms with van der Waals surface area (Å²) in [5.41, 5.74) is 4.12. The average molecular weight is 290 g/mol. The molecule has 0 saturated carbocycles. The van der Waals surface area contributed by atoms with Crippen molar-refractivity contribution in [3.63, 3.8) is 0 Å². The van der Waals surface area contributed by atoms with Gasteiger partial charge < -0.3 is 10.2 Å². The van der Waals surface area contributed by atoms with Gasteiger partial charge in [0.25, 0.3) is 0 Å². The van der Waals surface area contributed by atoms with E-state index in [2.05, 4.69) is 15.8 Å². The summed E-state index contributed by atoms with van der Waals surface area (Å²) in [6, 6.07) is 7.61. The minimum Gasteiger partial charge on any atom is -0.378 e. The SMILES string of the molecule is CC[C@@H](C)NC(=O)C(=O)N/N=C\c1ccc(N(C)C)cc1.